The lowest BCUT2D eigenvalue weighted by atomic mass is 9.95. The molecule has 0 saturated heterocycles. The first kappa shape index (κ1) is 26.9. The topological polar surface area (TPSA) is 69.7 Å². The molecule has 3 amide bonds. The summed E-state index contributed by atoms with van der Waals surface area (Å²) < 4.78 is 0. The fraction of sp³-hybridized carbons (Fsp3) is 0.424. The predicted molar refractivity (Wildman–Crippen MR) is 156 cm³/mol. The Morgan fingerprint density at radius 3 is 2.49 bits per heavy atom. The van der Waals surface area contributed by atoms with Gasteiger partial charge in [0.15, 0.2) is 0 Å². The third kappa shape index (κ3) is 5.70. The van der Waals surface area contributed by atoms with E-state index in [4.69, 9.17) is 0 Å². The normalized spacial score (nSPS) is 15.9. The van der Waals surface area contributed by atoms with Gasteiger partial charge in [-0.25, -0.2) is 0 Å². The van der Waals surface area contributed by atoms with Crippen LogP contribution in [-0.2, 0) is 16.1 Å². The molecule has 1 atom stereocenters. The molecule has 2 aliphatic rings. The minimum Gasteiger partial charge on any atom is -0.352 e. The van der Waals surface area contributed by atoms with Crippen molar-refractivity contribution in [2.24, 2.45) is 0 Å². The highest BCUT2D eigenvalue weighted by molar-refractivity contribution is 6.25. The number of aryl methyl sites for hydroxylation is 1. The van der Waals surface area contributed by atoms with Crippen LogP contribution < -0.4 is 10.2 Å². The zero-order valence-electron chi connectivity index (χ0n) is 23.1. The zero-order valence-corrected chi connectivity index (χ0v) is 23.1. The van der Waals surface area contributed by atoms with Crippen LogP contribution in [0, 0.1) is 6.92 Å². The van der Waals surface area contributed by atoms with Gasteiger partial charge in [0.2, 0.25) is 11.8 Å². The van der Waals surface area contributed by atoms with Crippen LogP contribution in [0.1, 0.15) is 79.8 Å². The summed E-state index contributed by atoms with van der Waals surface area (Å²) in [5.74, 6) is -0.112. The van der Waals surface area contributed by atoms with E-state index >= 15 is 0 Å². The van der Waals surface area contributed by atoms with Crippen molar-refractivity contribution in [2.75, 3.05) is 11.4 Å². The van der Waals surface area contributed by atoms with Gasteiger partial charge in [0, 0.05) is 36.5 Å². The fourth-order valence-electron chi connectivity index (χ4n) is 6.17. The second kappa shape index (κ2) is 12.0. The molecule has 0 spiro atoms. The molecule has 0 aromatic heterocycles. The molecule has 5 rings (SSSR count). The monoisotopic (exact) mass is 525 g/mol. The Labute approximate surface area is 231 Å². The quantitative estimate of drug-likeness (QED) is 0.345. The van der Waals surface area contributed by atoms with Gasteiger partial charge in [-0.1, -0.05) is 74.7 Å². The van der Waals surface area contributed by atoms with E-state index in [1.165, 1.54) is 6.42 Å². The summed E-state index contributed by atoms with van der Waals surface area (Å²) in [5.41, 5.74) is 3.79. The second-order valence-electron chi connectivity index (χ2n) is 11.0. The lowest BCUT2D eigenvalue weighted by Crippen LogP contribution is -2.51. The van der Waals surface area contributed by atoms with E-state index in [1.807, 2.05) is 74.5 Å². The number of carbonyl (C=O) groups is 3. The van der Waals surface area contributed by atoms with Crippen molar-refractivity contribution in [3.05, 3.63) is 77.4 Å². The molecule has 1 fully saturated rings. The summed E-state index contributed by atoms with van der Waals surface area (Å²) in [6.45, 7) is 4.87. The van der Waals surface area contributed by atoms with Gasteiger partial charge in [0.1, 0.15) is 6.04 Å². The molecule has 1 N–H and O–H groups in total. The second-order valence-corrected chi connectivity index (χ2v) is 11.0. The average molecular weight is 526 g/mol. The van der Waals surface area contributed by atoms with E-state index in [-0.39, 0.29) is 30.2 Å². The van der Waals surface area contributed by atoms with Gasteiger partial charge in [-0.05, 0) is 61.3 Å². The molecule has 1 aliphatic heterocycles. The zero-order chi connectivity index (χ0) is 27.4. The smallest absolute Gasteiger partial charge is 0.258 e. The van der Waals surface area contributed by atoms with Crippen LogP contribution in [0.2, 0.25) is 0 Å². The SMILES string of the molecule is CC[C@H](C(=O)NC1CCCCC1)N(Cc1ccccc1C)C(=O)CCCN1C(=O)c2cccc3cccc1c23. The van der Waals surface area contributed by atoms with Gasteiger partial charge >= 0.3 is 0 Å². The fourth-order valence-corrected chi connectivity index (χ4v) is 6.17. The Morgan fingerprint density at radius 1 is 1.00 bits per heavy atom. The molecule has 204 valence electrons. The molecule has 0 unspecified atom stereocenters. The maximum Gasteiger partial charge on any atom is 0.258 e. The molecule has 3 aromatic rings. The largest absolute Gasteiger partial charge is 0.352 e. The van der Waals surface area contributed by atoms with Crippen LogP contribution >= 0.6 is 0 Å². The number of carbonyl (C=O) groups excluding carboxylic acids is 3. The highest BCUT2D eigenvalue weighted by Crippen LogP contribution is 2.37. The molecule has 3 aromatic carbocycles. The van der Waals surface area contributed by atoms with E-state index < -0.39 is 6.04 Å². The molecule has 1 heterocycles. The molecule has 0 bridgehead atoms. The lowest BCUT2D eigenvalue weighted by Gasteiger charge is -2.33. The van der Waals surface area contributed by atoms with Crippen LogP contribution in [0.4, 0.5) is 5.69 Å². The molecule has 1 saturated carbocycles. The minimum absolute atomic E-state index is 0.00990. The average Bonchev–Trinajstić information content (AvgIpc) is 3.22. The van der Waals surface area contributed by atoms with E-state index in [2.05, 4.69) is 5.32 Å². The van der Waals surface area contributed by atoms with Crippen LogP contribution in [0.15, 0.2) is 60.7 Å². The lowest BCUT2D eigenvalue weighted by molar-refractivity contribution is -0.141. The van der Waals surface area contributed by atoms with Crippen molar-refractivity contribution in [1.29, 1.82) is 0 Å². The van der Waals surface area contributed by atoms with Crippen molar-refractivity contribution in [3.63, 3.8) is 0 Å². The first-order valence-electron chi connectivity index (χ1n) is 14.5. The molecule has 1 aliphatic carbocycles. The molecular weight excluding hydrogens is 486 g/mol. The van der Waals surface area contributed by atoms with Crippen molar-refractivity contribution in [1.82, 2.24) is 10.2 Å². The third-order valence-electron chi connectivity index (χ3n) is 8.36. The van der Waals surface area contributed by atoms with E-state index in [0.29, 0.717) is 25.9 Å². The number of amides is 3. The Hall–Kier alpha value is -3.67. The van der Waals surface area contributed by atoms with E-state index in [0.717, 1.165) is 58.8 Å². The summed E-state index contributed by atoms with van der Waals surface area (Å²) in [7, 11) is 0. The van der Waals surface area contributed by atoms with Gasteiger partial charge in [-0.2, -0.15) is 0 Å². The first-order valence-corrected chi connectivity index (χ1v) is 14.5. The van der Waals surface area contributed by atoms with Gasteiger partial charge in [-0.3, -0.25) is 14.4 Å². The molecule has 6 nitrogen and oxygen atoms in total. The Balaban J connectivity index is 1.30. The van der Waals surface area contributed by atoms with Crippen LogP contribution in [0.5, 0.6) is 0 Å². The summed E-state index contributed by atoms with van der Waals surface area (Å²) in [6, 6.07) is 19.5. The van der Waals surface area contributed by atoms with Gasteiger partial charge in [-0.15, -0.1) is 0 Å². The number of rotatable bonds is 10. The minimum atomic E-state index is -0.523. The highest BCUT2D eigenvalue weighted by Gasteiger charge is 2.32. The van der Waals surface area contributed by atoms with Gasteiger partial charge < -0.3 is 15.1 Å². The van der Waals surface area contributed by atoms with Gasteiger partial charge in [0.25, 0.3) is 5.91 Å². The molecule has 6 heteroatoms. The Morgan fingerprint density at radius 2 is 1.74 bits per heavy atom. The van der Waals surface area contributed by atoms with E-state index in [9.17, 15) is 14.4 Å². The summed E-state index contributed by atoms with van der Waals surface area (Å²) >= 11 is 0. The van der Waals surface area contributed by atoms with Crippen LogP contribution in [0.25, 0.3) is 10.8 Å². The molecule has 0 radical (unpaired) electrons. The number of anilines is 1. The van der Waals surface area contributed by atoms with Crippen molar-refractivity contribution in [2.45, 2.75) is 83.8 Å². The number of hydrogen-bond donors (Lipinski definition) is 1. The standard InChI is InChI=1S/C33H39N3O3/c1-3-28(32(38)34-26-16-5-4-6-17-26)36(22-25-13-8-7-12-23(25)2)30(37)20-11-21-35-29-19-10-15-24-14-9-18-27(31(24)29)33(35)39/h7-10,12-15,18-19,26,28H,3-6,11,16-17,20-22H2,1-2H3,(H,34,38)/t28-/m1/s1. The van der Waals surface area contributed by atoms with Crippen LogP contribution in [0.3, 0.4) is 0 Å². The van der Waals surface area contributed by atoms with E-state index in [1.54, 1.807) is 9.80 Å². The molecule has 39 heavy (non-hydrogen) atoms. The molecular formula is C33H39N3O3. The number of nitrogens with one attached hydrogen (secondary N) is 1. The number of hydrogen-bond acceptors (Lipinski definition) is 3. The van der Waals surface area contributed by atoms with Gasteiger partial charge in [0.05, 0.1) is 5.69 Å². The maximum absolute atomic E-state index is 13.8. The maximum atomic E-state index is 13.8. The summed E-state index contributed by atoms with van der Waals surface area (Å²) in [4.78, 5) is 44.0. The first-order chi connectivity index (χ1) is 19.0. The Bertz CT molecular complexity index is 1360. The predicted octanol–water partition coefficient (Wildman–Crippen LogP) is 6.14. The highest BCUT2D eigenvalue weighted by atomic mass is 16.2. The van der Waals surface area contributed by atoms with Crippen molar-refractivity contribution in [3.8, 4) is 0 Å². The van der Waals surface area contributed by atoms with Crippen LogP contribution in [-0.4, -0.2) is 41.2 Å². The number of benzene rings is 3. The van der Waals surface area contributed by atoms with Crippen molar-refractivity contribution < 1.29 is 14.4 Å². The Kier molecular flexibility index (Phi) is 8.30. The number of nitrogens with zero attached hydrogens (tertiary/aromatic N) is 2. The summed E-state index contributed by atoms with van der Waals surface area (Å²) in [5, 5.41) is 5.29. The van der Waals surface area contributed by atoms with Crippen molar-refractivity contribution >= 4 is 34.2 Å². The summed E-state index contributed by atoms with van der Waals surface area (Å²) in [6.07, 6.45) is 6.87. The third-order valence-corrected chi connectivity index (χ3v) is 8.36.